The van der Waals surface area contributed by atoms with Crippen LogP contribution in [0, 0.1) is 6.92 Å². The maximum absolute atomic E-state index is 13.2. The third-order valence-corrected chi connectivity index (χ3v) is 6.52. The second-order valence-electron chi connectivity index (χ2n) is 6.84. The zero-order valence-electron chi connectivity index (χ0n) is 17.1. The first-order chi connectivity index (χ1) is 14.8. The number of pyridine rings is 1. The van der Waals surface area contributed by atoms with Crippen LogP contribution in [-0.2, 0) is 21.4 Å². The lowest BCUT2D eigenvalue weighted by molar-refractivity contribution is -0.116. The summed E-state index contributed by atoms with van der Waals surface area (Å²) in [5, 5.41) is 3.28. The van der Waals surface area contributed by atoms with Crippen molar-refractivity contribution < 1.29 is 17.9 Å². The Morgan fingerprint density at radius 2 is 1.90 bits per heavy atom. The van der Waals surface area contributed by atoms with Crippen molar-refractivity contribution in [2.45, 2.75) is 18.4 Å². The fourth-order valence-electron chi connectivity index (χ4n) is 2.94. The summed E-state index contributed by atoms with van der Waals surface area (Å²) in [5.41, 5.74) is 2.09. The number of ether oxygens (including phenoxy) is 1. The van der Waals surface area contributed by atoms with Crippen LogP contribution in [0.4, 0.5) is 5.69 Å². The molecule has 0 aliphatic heterocycles. The Labute approximate surface area is 186 Å². The molecule has 3 aromatic rings. The Balaban J connectivity index is 1.88. The van der Waals surface area contributed by atoms with Gasteiger partial charge < -0.3 is 10.1 Å². The van der Waals surface area contributed by atoms with E-state index in [0.717, 1.165) is 9.87 Å². The van der Waals surface area contributed by atoms with E-state index < -0.39 is 22.5 Å². The van der Waals surface area contributed by atoms with Crippen LogP contribution >= 0.6 is 11.6 Å². The van der Waals surface area contributed by atoms with Crippen LogP contribution in [0.1, 0.15) is 11.1 Å². The molecule has 0 atom stereocenters. The van der Waals surface area contributed by atoms with Crippen LogP contribution in [0.25, 0.3) is 0 Å². The minimum atomic E-state index is -3.97. The second-order valence-corrected chi connectivity index (χ2v) is 9.21. The molecule has 3 rings (SSSR count). The number of methoxy groups -OCH3 is 1. The number of hydrogen-bond donors (Lipinski definition) is 1. The van der Waals surface area contributed by atoms with Gasteiger partial charge >= 0.3 is 0 Å². The van der Waals surface area contributed by atoms with E-state index in [1.165, 1.54) is 31.6 Å². The molecule has 0 aliphatic carbocycles. The highest BCUT2D eigenvalue weighted by Crippen LogP contribution is 2.25. The van der Waals surface area contributed by atoms with E-state index in [1.54, 1.807) is 36.4 Å². The number of halogens is 1. The van der Waals surface area contributed by atoms with Gasteiger partial charge in [-0.25, -0.2) is 8.42 Å². The molecular formula is C22H22ClN3O4S. The van der Waals surface area contributed by atoms with E-state index in [-0.39, 0.29) is 11.4 Å². The molecule has 1 N–H and O–H groups in total. The third-order valence-electron chi connectivity index (χ3n) is 4.49. The van der Waals surface area contributed by atoms with E-state index in [9.17, 15) is 13.2 Å². The van der Waals surface area contributed by atoms with Gasteiger partial charge in [-0.3, -0.25) is 9.78 Å². The molecule has 0 saturated heterocycles. The van der Waals surface area contributed by atoms with Gasteiger partial charge in [0.05, 0.1) is 19.3 Å². The molecule has 0 bridgehead atoms. The van der Waals surface area contributed by atoms with Crippen molar-refractivity contribution in [1.29, 1.82) is 0 Å². The molecule has 0 radical (unpaired) electrons. The Hall–Kier alpha value is -2.94. The molecule has 7 nitrogen and oxygen atoms in total. The molecule has 2 aromatic carbocycles. The van der Waals surface area contributed by atoms with Crippen LogP contribution in [-0.4, -0.2) is 37.3 Å². The number of nitrogens with one attached hydrogen (secondary N) is 1. The first-order valence-corrected chi connectivity index (χ1v) is 11.2. The fraction of sp³-hybridized carbons (Fsp3) is 0.182. The first-order valence-electron chi connectivity index (χ1n) is 9.38. The van der Waals surface area contributed by atoms with Crippen LogP contribution in [0.15, 0.2) is 71.9 Å². The number of rotatable bonds is 8. The van der Waals surface area contributed by atoms with Gasteiger partial charge in [0.15, 0.2) is 0 Å². The largest absolute Gasteiger partial charge is 0.495 e. The molecule has 1 heterocycles. The van der Waals surface area contributed by atoms with Gasteiger partial charge in [-0.1, -0.05) is 29.8 Å². The predicted molar refractivity (Wildman–Crippen MR) is 120 cm³/mol. The van der Waals surface area contributed by atoms with Crippen LogP contribution in [0.2, 0.25) is 5.02 Å². The molecule has 1 aromatic heterocycles. The highest BCUT2D eigenvalue weighted by atomic mass is 35.5. The minimum Gasteiger partial charge on any atom is -0.495 e. The standard InChI is InChI=1S/C22H22ClN3O4S/c1-16-5-10-21(30-2)20(12-16)25-22(27)15-26(14-17-6-8-18(23)9-7-17)31(28,29)19-4-3-11-24-13-19/h3-13H,14-15H2,1-2H3,(H,25,27). The summed E-state index contributed by atoms with van der Waals surface area (Å²) in [6, 6.07) is 15.1. The highest BCUT2D eigenvalue weighted by Gasteiger charge is 2.27. The first kappa shape index (κ1) is 22.7. The number of hydrogen-bond acceptors (Lipinski definition) is 5. The molecule has 31 heavy (non-hydrogen) atoms. The zero-order valence-corrected chi connectivity index (χ0v) is 18.7. The normalized spacial score (nSPS) is 11.4. The van der Waals surface area contributed by atoms with Gasteiger partial charge in [-0.05, 0) is 54.4 Å². The second kappa shape index (κ2) is 9.91. The average Bonchev–Trinajstić information content (AvgIpc) is 2.75. The number of aryl methyl sites for hydroxylation is 1. The number of benzene rings is 2. The monoisotopic (exact) mass is 459 g/mol. The molecule has 0 aliphatic rings. The lowest BCUT2D eigenvalue weighted by atomic mass is 10.2. The van der Waals surface area contributed by atoms with E-state index in [2.05, 4.69) is 10.3 Å². The summed E-state index contributed by atoms with van der Waals surface area (Å²) in [7, 11) is -2.47. The summed E-state index contributed by atoms with van der Waals surface area (Å²) >= 11 is 5.93. The molecule has 0 saturated carbocycles. The number of anilines is 1. The molecular weight excluding hydrogens is 438 g/mol. The molecule has 0 fully saturated rings. The Morgan fingerprint density at radius 3 is 2.55 bits per heavy atom. The molecule has 9 heteroatoms. The zero-order chi connectivity index (χ0) is 22.4. The van der Waals surface area contributed by atoms with Crippen LogP contribution in [0.5, 0.6) is 5.75 Å². The Morgan fingerprint density at radius 1 is 1.16 bits per heavy atom. The van der Waals surface area contributed by atoms with Gasteiger partial charge in [-0.2, -0.15) is 4.31 Å². The highest BCUT2D eigenvalue weighted by molar-refractivity contribution is 7.89. The Kier molecular flexibility index (Phi) is 7.27. The molecule has 0 unspecified atom stereocenters. The summed E-state index contributed by atoms with van der Waals surface area (Å²) in [6.45, 7) is 1.48. The number of sulfonamides is 1. The number of amides is 1. The number of aromatic nitrogens is 1. The van der Waals surface area contributed by atoms with E-state index in [4.69, 9.17) is 16.3 Å². The maximum Gasteiger partial charge on any atom is 0.245 e. The van der Waals surface area contributed by atoms with Crippen molar-refractivity contribution in [2.75, 3.05) is 19.0 Å². The van der Waals surface area contributed by atoms with Crippen molar-refractivity contribution in [3.05, 3.63) is 83.1 Å². The van der Waals surface area contributed by atoms with Gasteiger partial charge in [-0.15, -0.1) is 0 Å². The quantitative estimate of drug-likeness (QED) is 0.552. The Bertz CT molecular complexity index is 1150. The van der Waals surface area contributed by atoms with Crippen LogP contribution < -0.4 is 10.1 Å². The summed E-state index contributed by atoms with van der Waals surface area (Å²) in [4.78, 5) is 16.7. The van der Waals surface area contributed by atoms with Gasteiger partial charge in [0, 0.05) is 24.0 Å². The van der Waals surface area contributed by atoms with Gasteiger partial charge in [0.25, 0.3) is 0 Å². The van der Waals surface area contributed by atoms with Crippen molar-refractivity contribution in [3.8, 4) is 5.75 Å². The van der Waals surface area contributed by atoms with E-state index in [0.29, 0.717) is 22.0 Å². The third kappa shape index (κ3) is 5.81. The van der Waals surface area contributed by atoms with E-state index >= 15 is 0 Å². The molecule has 0 spiro atoms. The number of nitrogens with zero attached hydrogens (tertiary/aromatic N) is 2. The number of carbonyl (C=O) groups excluding carboxylic acids is 1. The maximum atomic E-state index is 13.2. The summed E-state index contributed by atoms with van der Waals surface area (Å²) in [6.07, 6.45) is 2.74. The molecule has 1 amide bonds. The van der Waals surface area contributed by atoms with Crippen LogP contribution in [0.3, 0.4) is 0 Å². The van der Waals surface area contributed by atoms with Crippen molar-refractivity contribution >= 4 is 33.2 Å². The predicted octanol–water partition coefficient (Wildman–Crippen LogP) is 3.88. The van der Waals surface area contributed by atoms with Gasteiger partial charge in [0.1, 0.15) is 10.6 Å². The summed E-state index contributed by atoms with van der Waals surface area (Å²) in [5.74, 6) is -0.0105. The smallest absolute Gasteiger partial charge is 0.245 e. The van der Waals surface area contributed by atoms with Crippen molar-refractivity contribution in [2.24, 2.45) is 0 Å². The minimum absolute atomic E-state index is 0.00454. The van der Waals surface area contributed by atoms with E-state index in [1.807, 2.05) is 13.0 Å². The lowest BCUT2D eigenvalue weighted by Crippen LogP contribution is -2.37. The number of carbonyl (C=O) groups is 1. The SMILES string of the molecule is COc1ccc(C)cc1NC(=O)CN(Cc1ccc(Cl)cc1)S(=O)(=O)c1cccnc1. The topological polar surface area (TPSA) is 88.6 Å². The lowest BCUT2D eigenvalue weighted by Gasteiger charge is -2.22. The fourth-order valence-corrected chi connectivity index (χ4v) is 4.41. The average molecular weight is 460 g/mol. The summed E-state index contributed by atoms with van der Waals surface area (Å²) < 4.78 is 32.8. The van der Waals surface area contributed by atoms with Crippen molar-refractivity contribution in [1.82, 2.24) is 9.29 Å². The molecule has 162 valence electrons. The van der Waals surface area contributed by atoms with Gasteiger partial charge in [0.2, 0.25) is 15.9 Å². The van der Waals surface area contributed by atoms with Crippen molar-refractivity contribution in [3.63, 3.8) is 0 Å².